The first kappa shape index (κ1) is 22.6. The number of aromatic nitrogens is 1. The number of carbonyl (C=O) groups is 1. The first-order valence-electron chi connectivity index (χ1n) is 9.52. The van der Waals surface area contributed by atoms with Gasteiger partial charge in [-0.2, -0.15) is 4.99 Å². The van der Waals surface area contributed by atoms with Gasteiger partial charge in [-0.05, 0) is 49.4 Å². The van der Waals surface area contributed by atoms with Crippen LogP contribution >= 0.6 is 11.3 Å². The zero-order chi connectivity index (χ0) is 22.4. The number of rotatable bonds is 8. The highest BCUT2D eigenvalue weighted by Gasteiger charge is 2.17. The smallest absolute Gasteiger partial charge is 0.249 e. The average Bonchev–Trinajstić information content (AvgIpc) is 3.09. The van der Waals surface area contributed by atoms with Gasteiger partial charge in [-0.25, -0.2) is 8.42 Å². The summed E-state index contributed by atoms with van der Waals surface area (Å²) in [5.74, 6) is 2.97. The second-order valence-electron chi connectivity index (χ2n) is 6.49. The van der Waals surface area contributed by atoms with Crippen LogP contribution in [0.4, 0.5) is 0 Å². The first-order valence-corrected chi connectivity index (χ1v) is 12.0. The van der Waals surface area contributed by atoms with Gasteiger partial charge in [0.05, 0.1) is 41.1 Å². The van der Waals surface area contributed by atoms with Crippen LogP contribution in [0.5, 0.6) is 11.5 Å². The largest absolute Gasteiger partial charge is 0.497 e. The fourth-order valence-electron chi connectivity index (χ4n) is 2.92. The third kappa shape index (κ3) is 5.34. The van der Waals surface area contributed by atoms with Crippen molar-refractivity contribution in [3.05, 3.63) is 47.3 Å². The number of thiazole rings is 1. The Labute approximate surface area is 184 Å². The predicted octanol–water partition coefficient (Wildman–Crippen LogP) is 3.03. The molecule has 0 aliphatic heterocycles. The van der Waals surface area contributed by atoms with Crippen LogP contribution in [0.2, 0.25) is 0 Å². The third-order valence-electron chi connectivity index (χ3n) is 4.44. The van der Waals surface area contributed by atoms with Gasteiger partial charge in [0.1, 0.15) is 11.5 Å². The standard InChI is InChI=1S/C22H22N2O5S2/c1-4-13-24-19-11-8-17(29-5-2)15-20(19)30-22(24)23-21(25)12-14-31(26,27)18-9-6-16(28-3)7-10-18/h1,6-11,15H,5,12-14H2,2-3H3. The van der Waals surface area contributed by atoms with Crippen molar-refractivity contribution >= 4 is 37.3 Å². The molecule has 1 heterocycles. The Hall–Kier alpha value is -3.09. The number of benzene rings is 2. The summed E-state index contributed by atoms with van der Waals surface area (Å²) in [6.45, 7) is 2.68. The minimum Gasteiger partial charge on any atom is -0.497 e. The van der Waals surface area contributed by atoms with E-state index >= 15 is 0 Å². The number of terminal acetylenes is 1. The highest BCUT2D eigenvalue weighted by Crippen LogP contribution is 2.23. The van der Waals surface area contributed by atoms with Crippen molar-refractivity contribution in [1.82, 2.24) is 4.57 Å². The fourth-order valence-corrected chi connectivity index (χ4v) is 5.23. The Morgan fingerprint density at radius 1 is 1.19 bits per heavy atom. The molecule has 3 aromatic rings. The van der Waals surface area contributed by atoms with E-state index in [1.54, 1.807) is 16.7 Å². The monoisotopic (exact) mass is 458 g/mol. The molecule has 0 atom stereocenters. The second-order valence-corrected chi connectivity index (χ2v) is 9.61. The topological polar surface area (TPSA) is 87.0 Å². The van der Waals surface area contributed by atoms with E-state index in [0.717, 1.165) is 10.2 Å². The van der Waals surface area contributed by atoms with Crippen LogP contribution in [0, 0.1) is 12.3 Å². The molecule has 0 saturated carbocycles. The molecular formula is C22H22N2O5S2. The van der Waals surface area contributed by atoms with Crippen LogP contribution < -0.4 is 14.3 Å². The molecule has 0 spiro atoms. The van der Waals surface area contributed by atoms with Gasteiger partial charge in [-0.1, -0.05) is 17.3 Å². The van der Waals surface area contributed by atoms with E-state index < -0.39 is 15.7 Å². The lowest BCUT2D eigenvalue weighted by Crippen LogP contribution is -2.18. The van der Waals surface area contributed by atoms with Crippen molar-refractivity contribution in [3.63, 3.8) is 0 Å². The van der Waals surface area contributed by atoms with Gasteiger partial charge in [0.15, 0.2) is 14.6 Å². The zero-order valence-corrected chi connectivity index (χ0v) is 18.8. The number of ether oxygens (including phenoxy) is 2. The van der Waals surface area contributed by atoms with Gasteiger partial charge in [0.2, 0.25) is 5.91 Å². The molecule has 0 radical (unpaired) electrons. The molecule has 0 aliphatic carbocycles. The molecule has 0 N–H and O–H groups in total. The van der Waals surface area contributed by atoms with Crippen molar-refractivity contribution in [2.45, 2.75) is 24.8 Å². The molecule has 0 saturated heterocycles. The number of carbonyl (C=O) groups excluding carboxylic acids is 1. The molecule has 9 heteroatoms. The van der Waals surface area contributed by atoms with E-state index in [9.17, 15) is 13.2 Å². The van der Waals surface area contributed by atoms with Crippen molar-refractivity contribution in [2.24, 2.45) is 4.99 Å². The van der Waals surface area contributed by atoms with Crippen LogP contribution in [-0.2, 0) is 21.2 Å². The summed E-state index contributed by atoms with van der Waals surface area (Å²) in [6.07, 6.45) is 5.25. The van der Waals surface area contributed by atoms with Gasteiger partial charge < -0.3 is 14.0 Å². The summed E-state index contributed by atoms with van der Waals surface area (Å²) in [6, 6.07) is 11.6. The van der Waals surface area contributed by atoms with Crippen molar-refractivity contribution < 1.29 is 22.7 Å². The van der Waals surface area contributed by atoms with Crippen LogP contribution in [0.25, 0.3) is 10.2 Å². The molecule has 0 unspecified atom stereocenters. The fraction of sp³-hybridized carbons (Fsp3) is 0.273. The highest BCUT2D eigenvalue weighted by atomic mass is 32.2. The van der Waals surface area contributed by atoms with Gasteiger partial charge in [-0.3, -0.25) is 4.79 Å². The maximum atomic E-state index is 12.5. The molecule has 3 rings (SSSR count). The summed E-state index contributed by atoms with van der Waals surface area (Å²) in [7, 11) is -2.12. The normalized spacial score (nSPS) is 12.0. The summed E-state index contributed by atoms with van der Waals surface area (Å²) < 4.78 is 38.2. The lowest BCUT2D eigenvalue weighted by molar-refractivity contribution is -0.117. The van der Waals surface area contributed by atoms with Gasteiger partial charge >= 0.3 is 0 Å². The molecular weight excluding hydrogens is 436 g/mol. The number of hydrogen-bond donors (Lipinski definition) is 0. The minimum atomic E-state index is -3.62. The van der Waals surface area contributed by atoms with Gasteiger partial charge in [0.25, 0.3) is 0 Å². The zero-order valence-electron chi connectivity index (χ0n) is 17.2. The lowest BCUT2D eigenvalue weighted by Gasteiger charge is -2.04. The molecule has 7 nitrogen and oxygen atoms in total. The van der Waals surface area contributed by atoms with Crippen molar-refractivity contribution in [1.29, 1.82) is 0 Å². The van der Waals surface area contributed by atoms with Crippen molar-refractivity contribution in [2.75, 3.05) is 19.5 Å². The Morgan fingerprint density at radius 2 is 1.90 bits per heavy atom. The highest BCUT2D eigenvalue weighted by molar-refractivity contribution is 7.91. The number of nitrogens with zero attached hydrogens (tertiary/aromatic N) is 2. The van der Waals surface area contributed by atoms with Crippen LogP contribution in [0.1, 0.15) is 13.3 Å². The third-order valence-corrected chi connectivity index (χ3v) is 7.21. The lowest BCUT2D eigenvalue weighted by atomic mass is 10.3. The maximum Gasteiger partial charge on any atom is 0.249 e. The number of sulfone groups is 1. The molecule has 31 heavy (non-hydrogen) atoms. The number of hydrogen-bond acceptors (Lipinski definition) is 6. The summed E-state index contributed by atoms with van der Waals surface area (Å²) in [5.41, 5.74) is 0.837. The van der Waals surface area contributed by atoms with E-state index in [0.29, 0.717) is 22.9 Å². The Bertz CT molecular complexity index is 1300. The van der Waals surface area contributed by atoms with E-state index in [1.165, 1.54) is 30.6 Å². The van der Waals surface area contributed by atoms with Crippen molar-refractivity contribution in [3.8, 4) is 23.8 Å². The first-order chi connectivity index (χ1) is 14.9. The summed E-state index contributed by atoms with van der Waals surface area (Å²) >= 11 is 1.30. The van der Waals surface area contributed by atoms with E-state index in [-0.39, 0.29) is 23.6 Å². The van der Waals surface area contributed by atoms with E-state index in [2.05, 4.69) is 10.9 Å². The summed E-state index contributed by atoms with van der Waals surface area (Å²) in [4.78, 5) is 17.2. The van der Waals surface area contributed by atoms with E-state index in [1.807, 2.05) is 25.1 Å². The molecule has 1 aromatic heterocycles. The molecule has 0 fully saturated rings. The number of amides is 1. The molecule has 0 aliphatic rings. The number of fused-ring (bicyclic) bond motifs is 1. The quantitative estimate of drug-likeness (QED) is 0.484. The Kier molecular flexibility index (Phi) is 7.15. The molecule has 2 aromatic carbocycles. The average molecular weight is 459 g/mol. The Morgan fingerprint density at radius 3 is 2.55 bits per heavy atom. The molecule has 0 bridgehead atoms. The minimum absolute atomic E-state index is 0.133. The van der Waals surface area contributed by atoms with Crippen LogP contribution in [0.3, 0.4) is 0 Å². The predicted molar refractivity (Wildman–Crippen MR) is 120 cm³/mol. The summed E-state index contributed by atoms with van der Waals surface area (Å²) in [5, 5.41) is 0. The SMILES string of the molecule is C#CCn1c(=NC(=O)CCS(=O)(=O)c2ccc(OC)cc2)sc2cc(OCC)ccc21. The number of methoxy groups -OCH3 is 1. The molecule has 162 valence electrons. The van der Waals surface area contributed by atoms with E-state index in [4.69, 9.17) is 15.9 Å². The molecule has 1 amide bonds. The van der Waals surface area contributed by atoms with Crippen LogP contribution in [-0.4, -0.2) is 38.4 Å². The van der Waals surface area contributed by atoms with Crippen LogP contribution in [0.15, 0.2) is 52.4 Å². The Balaban J connectivity index is 1.84. The van der Waals surface area contributed by atoms with Gasteiger partial charge in [0, 0.05) is 6.42 Å². The van der Waals surface area contributed by atoms with Gasteiger partial charge in [-0.15, -0.1) is 6.42 Å². The maximum absolute atomic E-state index is 12.5. The second kappa shape index (κ2) is 9.81.